The molecule has 34 heavy (non-hydrogen) atoms. The number of aromatic nitrogens is 1. The highest BCUT2D eigenvalue weighted by Gasteiger charge is 2.49. The first-order valence-electron chi connectivity index (χ1n) is 10.3. The molecule has 1 amide bonds. The highest BCUT2D eigenvalue weighted by molar-refractivity contribution is 7.17. The van der Waals surface area contributed by atoms with Gasteiger partial charge < -0.3 is 9.84 Å². The number of carbonyl (C=O) groups is 3. The highest BCUT2D eigenvalue weighted by atomic mass is 32.1. The number of nitrogens with zero attached hydrogens (tertiary/aromatic N) is 2. The molecule has 0 aliphatic carbocycles. The molecule has 0 saturated carbocycles. The SMILES string of the molecule is COC(=O)c1sc(N2C(=O)C(=O)/C(=C(/O)c3cc(C)ccc3C)C2c2ccccc2F)nc1C. The number of halogens is 1. The van der Waals surface area contributed by atoms with Gasteiger partial charge in [0, 0.05) is 11.1 Å². The number of hydrogen-bond donors (Lipinski definition) is 1. The van der Waals surface area contributed by atoms with Crippen molar-refractivity contribution in [2.75, 3.05) is 12.0 Å². The summed E-state index contributed by atoms with van der Waals surface area (Å²) in [6, 6.07) is 9.76. The van der Waals surface area contributed by atoms with Crippen LogP contribution in [-0.4, -0.2) is 34.9 Å². The Labute approximate surface area is 199 Å². The molecule has 7 nitrogen and oxygen atoms in total. The van der Waals surface area contributed by atoms with Crippen molar-refractivity contribution in [3.8, 4) is 0 Å². The average molecular weight is 481 g/mol. The van der Waals surface area contributed by atoms with Crippen molar-refractivity contribution in [3.05, 3.63) is 86.7 Å². The van der Waals surface area contributed by atoms with Crippen LogP contribution < -0.4 is 4.90 Å². The zero-order valence-corrected chi connectivity index (χ0v) is 19.7. The van der Waals surface area contributed by atoms with Crippen LogP contribution in [0, 0.1) is 26.6 Å². The minimum Gasteiger partial charge on any atom is -0.507 e. The molecule has 1 N–H and O–H groups in total. The number of esters is 1. The maximum atomic E-state index is 15.0. The van der Waals surface area contributed by atoms with E-state index in [1.54, 1.807) is 32.0 Å². The number of carbonyl (C=O) groups excluding carboxylic acids is 3. The normalized spacial score (nSPS) is 17.3. The molecular formula is C25H21FN2O5S. The number of thiazole rings is 1. The molecule has 2 aromatic carbocycles. The third-order valence-corrected chi connectivity index (χ3v) is 6.79. The summed E-state index contributed by atoms with van der Waals surface area (Å²) >= 11 is 0.855. The molecule has 1 atom stereocenters. The molecule has 0 radical (unpaired) electrons. The number of aryl methyl sites for hydroxylation is 3. The number of Topliss-reactive ketones (excluding diaryl/α,β-unsaturated/α-hetero) is 1. The fraction of sp³-hybridized carbons (Fsp3) is 0.200. The molecule has 0 spiro atoms. The zero-order valence-electron chi connectivity index (χ0n) is 18.9. The van der Waals surface area contributed by atoms with E-state index in [1.807, 2.05) is 13.0 Å². The van der Waals surface area contributed by atoms with Crippen molar-refractivity contribution in [1.29, 1.82) is 0 Å². The molecule has 1 fully saturated rings. The van der Waals surface area contributed by atoms with Crippen molar-refractivity contribution in [1.82, 2.24) is 4.98 Å². The molecule has 1 unspecified atom stereocenters. The fourth-order valence-electron chi connectivity index (χ4n) is 3.92. The predicted octanol–water partition coefficient (Wildman–Crippen LogP) is 4.62. The fourth-order valence-corrected chi connectivity index (χ4v) is 4.94. The van der Waals surface area contributed by atoms with E-state index in [-0.39, 0.29) is 21.1 Å². The van der Waals surface area contributed by atoms with Crippen LogP contribution in [0.2, 0.25) is 0 Å². The monoisotopic (exact) mass is 480 g/mol. The summed E-state index contributed by atoms with van der Waals surface area (Å²) in [6.45, 7) is 5.16. The molecule has 1 aliphatic rings. The molecule has 4 rings (SSSR count). The van der Waals surface area contributed by atoms with Crippen molar-refractivity contribution < 1.29 is 28.6 Å². The summed E-state index contributed by atoms with van der Waals surface area (Å²) in [4.78, 5) is 44.0. The van der Waals surface area contributed by atoms with Crippen molar-refractivity contribution in [3.63, 3.8) is 0 Å². The van der Waals surface area contributed by atoms with Gasteiger partial charge in [0.25, 0.3) is 5.78 Å². The van der Waals surface area contributed by atoms with E-state index >= 15 is 0 Å². The summed E-state index contributed by atoms with van der Waals surface area (Å²) in [7, 11) is 1.22. The number of ketones is 1. The van der Waals surface area contributed by atoms with Crippen LogP contribution in [-0.2, 0) is 14.3 Å². The van der Waals surface area contributed by atoms with Gasteiger partial charge in [0.05, 0.1) is 18.4 Å². The number of anilines is 1. The van der Waals surface area contributed by atoms with E-state index in [1.165, 1.54) is 25.3 Å². The Morgan fingerprint density at radius 3 is 2.53 bits per heavy atom. The first-order chi connectivity index (χ1) is 16.1. The predicted molar refractivity (Wildman–Crippen MR) is 125 cm³/mol. The second-order valence-electron chi connectivity index (χ2n) is 7.91. The van der Waals surface area contributed by atoms with Gasteiger partial charge in [-0.15, -0.1) is 0 Å². The summed E-state index contributed by atoms with van der Waals surface area (Å²) < 4.78 is 19.8. The second-order valence-corrected chi connectivity index (χ2v) is 8.89. The lowest BCUT2D eigenvalue weighted by Gasteiger charge is -2.23. The molecule has 1 aromatic heterocycles. The van der Waals surface area contributed by atoms with Crippen LogP contribution in [0.15, 0.2) is 48.0 Å². The Morgan fingerprint density at radius 1 is 1.15 bits per heavy atom. The number of rotatable bonds is 4. The summed E-state index contributed by atoms with van der Waals surface area (Å²) in [5, 5.41) is 11.3. The Balaban J connectivity index is 1.99. The Hall–Kier alpha value is -3.85. The van der Waals surface area contributed by atoms with Gasteiger partial charge in [-0.2, -0.15) is 0 Å². The van der Waals surface area contributed by atoms with Crippen molar-refractivity contribution in [2.24, 2.45) is 0 Å². The van der Waals surface area contributed by atoms with Gasteiger partial charge in [-0.1, -0.05) is 47.2 Å². The van der Waals surface area contributed by atoms with Crippen LogP contribution in [0.5, 0.6) is 0 Å². The Bertz CT molecular complexity index is 1380. The average Bonchev–Trinajstić information content (AvgIpc) is 3.31. The largest absolute Gasteiger partial charge is 0.507 e. The van der Waals surface area contributed by atoms with E-state index in [0.29, 0.717) is 16.8 Å². The summed E-state index contributed by atoms with van der Waals surface area (Å²) in [6.07, 6.45) is 0. The Kier molecular flexibility index (Phi) is 6.05. The number of benzene rings is 2. The Morgan fingerprint density at radius 2 is 1.85 bits per heavy atom. The minimum absolute atomic E-state index is 0.0148. The number of ether oxygens (including phenoxy) is 1. The van der Waals surface area contributed by atoms with E-state index in [2.05, 4.69) is 4.98 Å². The van der Waals surface area contributed by atoms with Gasteiger partial charge in [-0.05, 0) is 38.5 Å². The first-order valence-corrected chi connectivity index (χ1v) is 11.2. The molecule has 1 saturated heterocycles. The van der Waals surface area contributed by atoms with Gasteiger partial charge in [0.15, 0.2) is 5.13 Å². The van der Waals surface area contributed by atoms with Gasteiger partial charge in [-0.25, -0.2) is 14.2 Å². The number of hydrogen-bond acceptors (Lipinski definition) is 7. The quantitative estimate of drug-likeness (QED) is 0.253. The molecule has 2 heterocycles. The van der Waals surface area contributed by atoms with Gasteiger partial charge in [0.1, 0.15) is 22.5 Å². The number of aliphatic hydroxyl groups is 1. The lowest BCUT2D eigenvalue weighted by molar-refractivity contribution is -0.132. The molecule has 1 aliphatic heterocycles. The summed E-state index contributed by atoms with van der Waals surface area (Å²) in [5.74, 6) is -3.66. The van der Waals surface area contributed by atoms with Crippen molar-refractivity contribution in [2.45, 2.75) is 26.8 Å². The third-order valence-electron chi connectivity index (χ3n) is 5.65. The maximum Gasteiger partial charge on any atom is 0.350 e. The van der Waals surface area contributed by atoms with E-state index in [9.17, 15) is 23.9 Å². The van der Waals surface area contributed by atoms with Crippen LogP contribution in [0.25, 0.3) is 5.76 Å². The number of methoxy groups -OCH3 is 1. The zero-order chi connectivity index (χ0) is 24.7. The third kappa shape index (κ3) is 3.77. The summed E-state index contributed by atoms with van der Waals surface area (Å²) in [5.41, 5.74) is 1.94. The van der Waals surface area contributed by atoms with Crippen LogP contribution >= 0.6 is 11.3 Å². The number of aliphatic hydroxyl groups excluding tert-OH is 1. The molecule has 9 heteroatoms. The van der Waals surface area contributed by atoms with Crippen LogP contribution in [0.4, 0.5) is 9.52 Å². The van der Waals surface area contributed by atoms with E-state index in [4.69, 9.17) is 4.74 Å². The molecule has 0 bridgehead atoms. The van der Waals surface area contributed by atoms with Gasteiger partial charge >= 0.3 is 11.9 Å². The number of amides is 1. The lowest BCUT2D eigenvalue weighted by Crippen LogP contribution is -2.29. The van der Waals surface area contributed by atoms with Crippen LogP contribution in [0.3, 0.4) is 0 Å². The second kappa shape index (κ2) is 8.83. The topological polar surface area (TPSA) is 96.8 Å². The van der Waals surface area contributed by atoms with Crippen molar-refractivity contribution >= 4 is 39.9 Å². The molecular weight excluding hydrogens is 459 g/mol. The first kappa shape index (κ1) is 23.3. The maximum absolute atomic E-state index is 15.0. The van der Waals surface area contributed by atoms with Gasteiger partial charge in [-0.3, -0.25) is 14.5 Å². The minimum atomic E-state index is -1.28. The lowest BCUT2D eigenvalue weighted by atomic mass is 9.93. The van der Waals surface area contributed by atoms with E-state index < -0.39 is 35.3 Å². The van der Waals surface area contributed by atoms with E-state index in [0.717, 1.165) is 21.8 Å². The molecule has 3 aromatic rings. The highest BCUT2D eigenvalue weighted by Crippen LogP contribution is 2.44. The standard InChI is InChI=1S/C25H21FN2O5S/c1-12-9-10-13(2)16(11-12)20(29)18-19(15-7-5-6-8-17(15)26)28(23(31)21(18)30)25-27-14(3)22(34-25)24(32)33-4/h5-11,19,29H,1-4H3/b20-18+. The smallest absolute Gasteiger partial charge is 0.350 e. The molecule has 174 valence electrons. The van der Waals surface area contributed by atoms with Crippen LogP contribution in [0.1, 0.15) is 43.7 Å². The van der Waals surface area contributed by atoms with Gasteiger partial charge in [0.2, 0.25) is 0 Å².